The van der Waals surface area contributed by atoms with E-state index in [1.54, 1.807) is 4.90 Å². The van der Waals surface area contributed by atoms with E-state index >= 15 is 0 Å². The summed E-state index contributed by atoms with van der Waals surface area (Å²) in [5.74, 6) is 0. The number of amides is 1. The SMILES string of the molecule is CC(C)(C)OC(=O)N1CC(O)(CN(Cc2ccccc2)Cc2ccccc2)C[C@H]1CN. The van der Waals surface area contributed by atoms with E-state index in [1.807, 2.05) is 57.2 Å². The number of carbonyl (C=O) groups is 1. The van der Waals surface area contributed by atoms with Crippen LogP contribution in [0.25, 0.3) is 0 Å². The van der Waals surface area contributed by atoms with E-state index in [2.05, 4.69) is 29.2 Å². The van der Waals surface area contributed by atoms with Gasteiger partial charge in [0.1, 0.15) is 5.60 Å². The Balaban J connectivity index is 1.76. The van der Waals surface area contributed by atoms with E-state index in [0.29, 0.717) is 32.6 Å². The molecule has 3 N–H and O–H groups in total. The molecule has 168 valence electrons. The molecule has 31 heavy (non-hydrogen) atoms. The number of hydrogen-bond acceptors (Lipinski definition) is 5. The summed E-state index contributed by atoms with van der Waals surface area (Å²) in [6.45, 7) is 7.87. The topological polar surface area (TPSA) is 79.0 Å². The molecule has 1 fully saturated rings. The van der Waals surface area contributed by atoms with Crippen molar-refractivity contribution in [1.82, 2.24) is 9.80 Å². The Morgan fingerprint density at radius 3 is 2.06 bits per heavy atom. The average Bonchev–Trinajstić information content (AvgIpc) is 3.05. The Kier molecular flexibility index (Phi) is 7.36. The number of likely N-dealkylation sites (tertiary alicyclic amines) is 1. The summed E-state index contributed by atoms with van der Waals surface area (Å²) < 4.78 is 5.55. The van der Waals surface area contributed by atoms with E-state index in [0.717, 1.165) is 0 Å². The maximum absolute atomic E-state index is 12.7. The largest absolute Gasteiger partial charge is 0.444 e. The van der Waals surface area contributed by atoms with Crippen molar-refractivity contribution in [3.05, 3.63) is 71.8 Å². The minimum absolute atomic E-state index is 0.212. The first-order chi connectivity index (χ1) is 14.7. The zero-order valence-corrected chi connectivity index (χ0v) is 18.8. The van der Waals surface area contributed by atoms with Gasteiger partial charge in [-0.3, -0.25) is 4.90 Å². The monoisotopic (exact) mass is 425 g/mol. The van der Waals surface area contributed by atoms with Crippen LogP contribution in [0.1, 0.15) is 38.3 Å². The molecule has 2 aromatic carbocycles. The molecule has 0 spiro atoms. The second-order valence-corrected chi connectivity index (χ2v) is 9.54. The molecule has 0 bridgehead atoms. The molecule has 0 aliphatic carbocycles. The maximum atomic E-state index is 12.7. The fraction of sp³-hybridized carbons (Fsp3) is 0.480. The van der Waals surface area contributed by atoms with Gasteiger partial charge in [-0.2, -0.15) is 0 Å². The molecule has 1 aliphatic rings. The van der Waals surface area contributed by atoms with Gasteiger partial charge in [-0.1, -0.05) is 60.7 Å². The van der Waals surface area contributed by atoms with Crippen LogP contribution in [-0.2, 0) is 17.8 Å². The number of ether oxygens (including phenoxy) is 1. The van der Waals surface area contributed by atoms with Gasteiger partial charge >= 0.3 is 6.09 Å². The number of rotatable bonds is 7. The fourth-order valence-corrected chi connectivity index (χ4v) is 4.19. The highest BCUT2D eigenvalue weighted by molar-refractivity contribution is 5.69. The molecule has 6 nitrogen and oxygen atoms in total. The van der Waals surface area contributed by atoms with E-state index in [4.69, 9.17) is 10.5 Å². The summed E-state index contributed by atoms with van der Waals surface area (Å²) >= 11 is 0. The molecular formula is C25H35N3O3. The first-order valence-electron chi connectivity index (χ1n) is 10.9. The van der Waals surface area contributed by atoms with Gasteiger partial charge in [0, 0.05) is 32.6 Å². The van der Waals surface area contributed by atoms with Crippen molar-refractivity contribution in [2.75, 3.05) is 19.6 Å². The number of hydrogen-bond donors (Lipinski definition) is 2. The van der Waals surface area contributed by atoms with Crippen LogP contribution in [0.15, 0.2) is 60.7 Å². The molecule has 0 saturated carbocycles. The van der Waals surface area contributed by atoms with Crippen molar-refractivity contribution in [1.29, 1.82) is 0 Å². The van der Waals surface area contributed by atoms with Crippen LogP contribution in [0.5, 0.6) is 0 Å². The summed E-state index contributed by atoms with van der Waals surface area (Å²) in [5, 5.41) is 11.5. The Hall–Kier alpha value is -2.41. The molecule has 1 amide bonds. The van der Waals surface area contributed by atoms with Gasteiger partial charge in [0.2, 0.25) is 0 Å². The average molecular weight is 426 g/mol. The van der Waals surface area contributed by atoms with E-state index in [-0.39, 0.29) is 12.6 Å². The van der Waals surface area contributed by atoms with E-state index in [1.165, 1.54) is 11.1 Å². The highest BCUT2D eigenvalue weighted by Crippen LogP contribution is 2.30. The van der Waals surface area contributed by atoms with Gasteiger partial charge in [-0.05, 0) is 31.9 Å². The zero-order chi connectivity index (χ0) is 22.5. The molecule has 3 rings (SSSR count). The summed E-state index contributed by atoms with van der Waals surface area (Å²) in [6, 6.07) is 20.2. The van der Waals surface area contributed by atoms with Crippen LogP contribution in [0.2, 0.25) is 0 Å². The number of benzene rings is 2. The normalized spacial score (nSPS) is 21.5. The van der Waals surface area contributed by atoms with Crippen LogP contribution < -0.4 is 5.73 Å². The summed E-state index contributed by atoms with van der Waals surface area (Å²) in [7, 11) is 0. The van der Waals surface area contributed by atoms with Crippen LogP contribution in [0.3, 0.4) is 0 Å². The molecule has 1 heterocycles. The van der Waals surface area contributed by atoms with Crippen LogP contribution >= 0.6 is 0 Å². The standard InChI is InChI=1S/C25H35N3O3/c1-24(2,3)31-23(29)28-19-25(30,14-22(28)15-26)18-27(16-20-10-6-4-7-11-20)17-21-12-8-5-9-13-21/h4-13,22,30H,14-19,26H2,1-3H3/t22-,25?/m0/s1. The lowest BCUT2D eigenvalue weighted by molar-refractivity contribution is -0.00373. The van der Waals surface area contributed by atoms with Crippen molar-refractivity contribution >= 4 is 6.09 Å². The van der Waals surface area contributed by atoms with Crippen LogP contribution in [0.4, 0.5) is 4.79 Å². The van der Waals surface area contributed by atoms with Crippen molar-refractivity contribution < 1.29 is 14.6 Å². The van der Waals surface area contributed by atoms with Gasteiger partial charge < -0.3 is 20.5 Å². The third kappa shape index (κ3) is 6.79. The van der Waals surface area contributed by atoms with Gasteiger partial charge in [-0.25, -0.2) is 4.79 Å². The Labute approximate surface area is 185 Å². The summed E-state index contributed by atoms with van der Waals surface area (Å²) in [6.07, 6.45) is 0.0135. The Morgan fingerprint density at radius 2 is 1.61 bits per heavy atom. The van der Waals surface area contributed by atoms with Crippen LogP contribution in [-0.4, -0.2) is 57.9 Å². The van der Waals surface area contributed by atoms with Crippen molar-refractivity contribution in [3.63, 3.8) is 0 Å². The number of β-amino-alcohol motifs (C(OH)–C–C–N with tert-alkyl or cyclic N) is 1. The number of nitrogens with two attached hydrogens (primary N) is 1. The lowest BCUT2D eigenvalue weighted by atomic mass is 9.98. The first kappa shape index (κ1) is 23.3. The quantitative estimate of drug-likeness (QED) is 0.711. The van der Waals surface area contributed by atoms with E-state index < -0.39 is 17.3 Å². The predicted molar refractivity (Wildman–Crippen MR) is 122 cm³/mol. The molecule has 0 radical (unpaired) electrons. The fourth-order valence-electron chi connectivity index (χ4n) is 4.19. The second-order valence-electron chi connectivity index (χ2n) is 9.54. The summed E-state index contributed by atoms with van der Waals surface area (Å²) in [4.78, 5) is 16.5. The molecule has 1 unspecified atom stereocenters. The van der Waals surface area contributed by atoms with Gasteiger partial charge in [0.25, 0.3) is 0 Å². The number of carbonyl (C=O) groups excluding carboxylic acids is 1. The molecule has 1 aliphatic heterocycles. The van der Waals surface area contributed by atoms with Gasteiger partial charge in [-0.15, -0.1) is 0 Å². The lowest BCUT2D eigenvalue weighted by Crippen LogP contribution is -2.46. The smallest absolute Gasteiger partial charge is 0.410 e. The third-order valence-electron chi connectivity index (χ3n) is 5.44. The minimum atomic E-state index is -1.05. The number of aliphatic hydroxyl groups is 1. The highest BCUT2D eigenvalue weighted by atomic mass is 16.6. The third-order valence-corrected chi connectivity index (χ3v) is 5.44. The minimum Gasteiger partial charge on any atom is -0.444 e. The number of nitrogens with zero attached hydrogens (tertiary/aromatic N) is 2. The molecule has 0 aromatic heterocycles. The molecule has 2 atom stereocenters. The van der Waals surface area contributed by atoms with Crippen molar-refractivity contribution in [3.8, 4) is 0 Å². The molecule has 1 saturated heterocycles. The van der Waals surface area contributed by atoms with Crippen LogP contribution in [0, 0.1) is 0 Å². The lowest BCUT2D eigenvalue weighted by Gasteiger charge is -2.32. The van der Waals surface area contributed by atoms with Crippen molar-refractivity contribution in [2.45, 2.75) is 57.5 Å². The highest BCUT2D eigenvalue weighted by Gasteiger charge is 2.46. The predicted octanol–water partition coefficient (Wildman–Crippen LogP) is 3.39. The Bertz CT molecular complexity index is 797. The second kappa shape index (κ2) is 9.81. The summed E-state index contributed by atoms with van der Waals surface area (Å²) in [5.41, 5.74) is 6.67. The van der Waals surface area contributed by atoms with Gasteiger partial charge in [0.05, 0.1) is 18.2 Å². The van der Waals surface area contributed by atoms with Gasteiger partial charge in [0.15, 0.2) is 0 Å². The Morgan fingerprint density at radius 1 is 1.10 bits per heavy atom. The van der Waals surface area contributed by atoms with E-state index in [9.17, 15) is 9.90 Å². The molecule has 6 heteroatoms. The maximum Gasteiger partial charge on any atom is 0.410 e. The first-order valence-corrected chi connectivity index (χ1v) is 10.9. The zero-order valence-electron chi connectivity index (χ0n) is 18.8. The molecule has 2 aromatic rings. The van der Waals surface area contributed by atoms with Crippen molar-refractivity contribution in [2.24, 2.45) is 5.73 Å². The molecular weight excluding hydrogens is 390 g/mol.